The number of nitrogens with zero attached hydrogens (tertiary/aromatic N) is 3. The summed E-state index contributed by atoms with van der Waals surface area (Å²) in [5.41, 5.74) is -2.79. The standard InChI is InChI=1S/C24H17ClF3N3O2S/c25-20-4-2-1-3-18(20)19-13-29-12-9-15(19)14-30-22(33)31(21(32)23(30)10-11-23)16-5-7-17(8-6-16)34-24(26,27)28/h1-9,12-13H,10-11,14H2. The van der Waals surface area contributed by atoms with Crippen molar-refractivity contribution in [2.24, 2.45) is 0 Å². The van der Waals surface area contributed by atoms with E-state index >= 15 is 0 Å². The Bertz CT molecular complexity index is 1280. The van der Waals surface area contributed by atoms with Crippen molar-refractivity contribution in [1.82, 2.24) is 9.88 Å². The van der Waals surface area contributed by atoms with Gasteiger partial charge in [-0.1, -0.05) is 29.8 Å². The van der Waals surface area contributed by atoms with Crippen molar-refractivity contribution >= 4 is 41.0 Å². The molecule has 174 valence electrons. The van der Waals surface area contributed by atoms with Gasteiger partial charge in [-0.2, -0.15) is 13.2 Å². The van der Waals surface area contributed by atoms with E-state index in [0.717, 1.165) is 21.6 Å². The number of aromatic nitrogens is 1. The van der Waals surface area contributed by atoms with Crippen molar-refractivity contribution in [3.8, 4) is 11.1 Å². The first-order chi connectivity index (χ1) is 16.2. The fourth-order valence-electron chi connectivity index (χ4n) is 4.21. The molecule has 34 heavy (non-hydrogen) atoms. The van der Waals surface area contributed by atoms with Crippen LogP contribution in [0.5, 0.6) is 0 Å². The average Bonchev–Trinajstić information content (AvgIpc) is 3.57. The summed E-state index contributed by atoms with van der Waals surface area (Å²) in [6, 6.07) is 13.8. The first kappa shape index (κ1) is 22.7. The number of hydrogen-bond acceptors (Lipinski definition) is 4. The van der Waals surface area contributed by atoms with E-state index < -0.39 is 17.1 Å². The Morgan fingerprint density at radius 2 is 1.71 bits per heavy atom. The average molecular weight is 504 g/mol. The van der Waals surface area contributed by atoms with Crippen LogP contribution in [0.3, 0.4) is 0 Å². The molecule has 2 aromatic carbocycles. The van der Waals surface area contributed by atoms with Crippen molar-refractivity contribution in [2.45, 2.75) is 35.3 Å². The maximum Gasteiger partial charge on any atom is 0.446 e. The number of urea groups is 1. The molecule has 5 nitrogen and oxygen atoms in total. The van der Waals surface area contributed by atoms with Crippen LogP contribution in [0.2, 0.25) is 5.02 Å². The van der Waals surface area contributed by atoms with Gasteiger partial charge in [-0.15, -0.1) is 0 Å². The van der Waals surface area contributed by atoms with Gasteiger partial charge < -0.3 is 4.90 Å². The van der Waals surface area contributed by atoms with Crippen LogP contribution in [-0.4, -0.2) is 32.9 Å². The van der Waals surface area contributed by atoms with Crippen LogP contribution in [0, 0.1) is 0 Å². The van der Waals surface area contributed by atoms with Crippen LogP contribution in [0.25, 0.3) is 11.1 Å². The molecular weight excluding hydrogens is 487 g/mol. The van der Waals surface area contributed by atoms with Crippen LogP contribution in [-0.2, 0) is 11.3 Å². The fraction of sp³-hybridized carbons (Fsp3) is 0.208. The number of imide groups is 1. The highest BCUT2D eigenvalue weighted by Crippen LogP contribution is 2.50. The molecule has 3 amide bonds. The molecule has 1 aliphatic heterocycles. The number of carbonyl (C=O) groups is 2. The minimum absolute atomic E-state index is 0.0190. The molecule has 1 saturated heterocycles. The van der Waals surface area contributed by atoms with Crippen LogP contribution >= 0.6 is 23.4 Å². The second-order valence-electron chi connectivity index (χ2n) is 8.10. The largest absolute Gasteiger partial charge is 0.446 e. The summed E-state index contributed by atoms with van der Waals surface area (Å²) in [7, 11) is 0. The van der Waals surface area contributed by atoms with Gasteiger partial charge in [0.2, 0.25) is 0 Å². The lowest BCUT2D eigenvalue weighted by atomic mass is 10.0. The Hall–Kier alpha value is -3.04. The van der Waals surface area contributed by atoms with E-state index in [1.807, 2.05) is 18.2 Å². The van der Waals surface area contributed by atoms with Crippen molar-refractivity contribution < 1.29 is 22.8 Å². The van der Waals surface area contributed by atoms with Crippen LogP contribution < -0.4 is 4.90 Å². The zero-order chi connectivity index (χ0) is 24.1. The third-order valence-electron chi connectivity index (χ3n) is 6.00. The van der Waals surface area contributed by atoms with Gasteiger partial charge in [-0.25, -0.2) is 9.69 Å². The zero-order valence-corrected chi connectivity index (χ0v) is 19.1. The van der Waals surface area contributed by atoms with Gasteiger partial charge >= 0.3 is 11.5 Å². The quantitative estimate of drug-likeness (QED) is 0.294. The highest BCUT2D eigenvalue weighted by atomic mass is 35.5. The lowest BCUT2D eigenvalue weighted by Gasteiger charge is -2.23. The second kappa shape index (κ2) is 8.32. The van der Waals surface area contributed by atoms with Crippen LogP contribution in [0.15, 0.2) is 71.9 Å². The van der Waals surface area contributed by atoms with Gasteiger partial charge in [0.1, 0.15) is 5.54 Å². The summed E-state index contributed by atoms with van der Waals surface area (Å²) in [4.78, 5) is 33.5. The van der Waals surface area contributed by atoms with Crippen molar-refractivity contribution in [3.63, 3.8) is 0 Å². The number of rotatable bonds is 5. The van der Waals surface area contributed by atoms with Gasteiger partial charge in [0, 0.05) is 40.0 Å². The third-order valence-corrected chi connectivity index (χ3v) is 7.06. The number of benzene rings is 2. The molecule has 2 fully saturated rings. The molecule has 0 unspecified atom stereocenters. The summed E-state index contributed by atoms with van der Waals surface area (Å²) in [6.07, 6.45) is 4.35. The summed E-state index contributed by atoms with van der Waals surface area (Å²) in [6.45, 7) is 0.173. The van der Waals surface area contributed by atoms with Crippen molar-refractivity contribution in [3.05, 3.63) is 77.6 Å². The molecule has 0 atom stereocenters. The monoisotopic (exact) mass is 503 g/mol. The number of hydrogen-bond donors (Lipinski definition) is 0. The molecule has 3 aromatic rings. The van der Waals surface area contributed by atoms with Crippen LogP contribution in [0.4, 0.5) is 23.7 Å². The molecule has 2 heterocycles. The summed E-state index contributed by atoms with van der Waals surface area (Å²) in [5.74, 6) is -0.359. The van der Waals surface area contributed by atoms with E-state index in [-0.39, 0.29) is 34.8 Å². The summed E-state index contributed by atoms with van der Waals surface area (Å²) >= 11 is 6.13. The number of halogens is 4. The first-order valence-electron chi connectivity index (χ1n) is 10.4. The smallest absolute Gasteiger partial charge is 0.305 e. The fourth-order valence-corrected chi connectivity index (χ4v) is 4.99. The van der Waals surface area contributed by atoms with E-state index in [2.05, 4.69) is 4.98 Å². The van der Waals surface area contributed by atoms with Crippen molar-refractivity contribution in [2.75, 3.05) is 4.90 Å². The van der Waals surface area contributed by atoms with Gasteiger partial charge in [0.05, 0.1) is 5.69 Å². The number of alkyl halides is 3. The highest BCUT2D eigenvalue weighted by molar-refractivity contribution is 8.00. The Morgan fingerprint density at radius 1 is 1.00 bits per heavy atom. The highest BCUT2D eigenvalue weighted by Gasteiger charge is 2.65. The van der Waals surface area contributed by atoms with E-state index in [0.29, 0.717) is 17.9 Å². The molecule has 5 rings (SSSR count). The molecule has 0 radical (unpaired) electrons. The molecule has 1 spiro atoms. The normalized spacial score (nSPS) is 17.1. The predicted molar refractivity (Wildman–Crippen MR) is 123 cm³/mol. The van der Waals surface area contributed by atoms with Crippen LogP contribution in [0.1, 0.15) is 18.4 Å². The summed E-state index contributed by atoms with van der Waals surface area (Å²) < 4.78 is 37.9. The molecule has 1 saturated carbocycles. The van der Waals surface area contributed by atoms with Gasteiger partial charge in [0.25, 0.3) is 5.91 Å². The number of anilines is 1. The van der Waals surface area contributed by atoms with E-state index in [1.165, 1.54) is 24.3 Å². The lowest BCUT2D eigenvalue weighted by molar-refractivity contribution is -0.120. The lowest BCUT2D eigenvalue weighted by Crippen LogP contribution is -2.36. The number of pyridine rings is 1. The summed E-state index contributed by atoms with van der Waals surface area (Å²) in [5, 5.41) is 0.542. The maximum absolute atomic E-state index is 13.4. The third kappa shape index (κ3) is 4.03. The van der Waals surface area contributed by atoms with E-state index in [4.69, 9.17) is 11.6 Å². The number of thioether (sulfide) groups is 1. The second-order valence-corrected chi connectivity index (χ2v) is 9.64. The van der Waals surface area contributed by atoms with Gasteiger partial charge in [0.15, 0.2) is 0 Å². The Balaban J connectivity index is 1.45. The minimum atomic E-state index is -4.42. The zero-order valence-electron chi connectivity index (χ0n) is 17.6. The molecule has 0 bridgehead atoms. The Kier molecular flexibility index (Phi) is 5.56. The molecule has 0 N–H and O–H groups in total. The number of carbonyl (C=O) groups excluding carboxylic acids is 2. The first-order valence-corrected chi connectivity index (χ1v) is 11.6. The van der Waals surface area contributed by atoms with Crippen molar-refractivity contribution in [1.29, 1.82) is 0 Å². The Labute approximate surface area is 202 Å². The van der Waals surface area contributed by atoms with E-state index in [1.54, 1.807) is 29.4 Å². The minimum Gasteiger partial charge on any atom is -0.305 e. The van der Waals surface area contributed by atoms with Gasteiger partial charge in [-0.3, -0.25) is 9.78 Å². The molecule has 10 heteroatoms. The maximum atomic E-state index is 13.4. The number of amides is 3. The molecular formula is C24H17ClF3N3O2S. The Morgan fingerprint density at radius 3 is 2.35 bits per heavy atom. The van der Waals surface area contributed by atoms with E-state index in [9.17, 15) is 22.8 Å². The topological polar surface area (TPSA) is 53.5 Å². The van der Waals surface area contributed by atoms with Gasteiger partial charge in [-0.05, 0) is 66.6 Å². The predicted octanol–water partition coefficient (Wildman–Crippen LogP) is 6.52. The molecule has 1 aliphatic carbocycles. The molecule has 2 aliphatic rings. The molecule has 1 aromatic heterocycles. The SMILES string of the molecule is O=C1N(c2ccc(SC(F)(F)F)cc2)C(=O)C2(CC2)N1Cc1ccncc1-c1ccccc1Cl.